The van der Waals surface area contributed by atoms with Gasteiger partial charge in [0.05, 0.1) is 22.3 Å². The Morgan fingerprint density at radius 3 is 2.62 bits per heavy atom. The van der Waals surface area contributed by atoms with Crippen LogP contribution in [0.1, 0.15) is 5.82 Å². The van der Waals surface area contributed by atoms with Crippen molar-refractivity contribution in [3.8, 4) is 5.69 Å². The number of rotatable bonds is 2. The lowest BCUT2D eigenvalue weighted by atomic mass is 10.3. The van der Waals surface area contributed by atoms with Crippen LogP contribution in [0.3, 0.4) is 0 Å². The number of nitrogens with two attached hydrogens (primary N) is 1. The van der Waals surface area contributed by atoms with E-state index in [-0.39, 0.29) is 19.0 Å². The first-order valence-electron chi connectivity index (χ1n) is 4.15. The lowest BCUT2D eigenvalue weighted by Crippen LogP contribution is -2.07. The zero-order valence-corrected chi connectivity index (χ0v) is 10.3. The highest BCUT2D eigenvalue weighted by molar-refractivity contribution is 6.42. The van der Waals surface area contributed by atoms with E-state index in [1.165, 1.54) is 4.68 Å². The van der Waals surface area contributed by atoms with E-state index in [1.807, 2.05) is 0 Å². The third-order valence-electron chi connectivity index (χ3n) is 1.86. The first-order chi connectivity index (χ1) is 7.22. The Kier molecular flexibility index (Phi) is 4.49. The maximum atomic E-state index is 5.88. The summed E-state index contributed by atoms with van der Waals surface area (Å²) < 4.78 is 1.52. The Morgan fingerprint density at radius 1 is 1.25 bits per heavy atom. The third kappa shape index (κ3) is 2.44. The number of hydrogen-bond acceptors (Lipinski definition) is 4. The molecule has 0 amide bonds. The average Bonchev–Trinajstić information content (AvgIpc) is 2.70. The molecule has 0 saturated carbocycles. The van der Waals surface area contributed by atoms with Gasteiger partial charge >= 0.3 is 0 Å². The lowest BCUT2D eigenvalue weighted by molar-refractivity contribution is 0.761. The van der Waals surface area contributed by atoms with Crippen molar-refractivity contribution >= 4 is 35.6 Å². The number of halogens is 3. The Morgan fingerprint density at radius 2 is 2.00 bits per heavy atom. The summed E-state index contributed by atoms with van der Waals surface area (Å²) in [5, 5.41) is 12.0. The molecule has 16 heavy (non-hydrogen) atoms. The van der Waals surface area contributed by atoms with Crippen molar-refractivity contribution in [3.05, 3.63) is 34.1 Å². The summed E-state index contributed by atoms with van der Waals surface area (Å²) in [6.07, 6.45) is 0. The summed E-state index contributed by atoms with van der Waals surface area (Å²) in [6.45, 7) is 0.257. The fraction of sp³-hybridized carbons (Fsp3) is 0.125. The van der Waals surface area contributed by atoms with Crippen molar-refractivity contribution < 1.29 is 0 Å². The highest BCUT2D eigenvalue weighted by Crippen LogP contribution is 2.24. The first kappa shape index (κ1) is 13.2. The van der Waals surface area contributed by atoms with E-state index in [0.717, 1.165) is 5.69 Å². The summed E-state index contributed by atoms with van der Waals surface area (Å²) in [6, 6.07) is 5.13. The van der Waals surface area contributed by atoms with Crippen LogP contribution in [0.15, 0.2) is 18.2 Å². The van der Waals surface area contributed by atoms with Crippen LogP contribution < -0.4 is 5.73 Å². The van der Waals surface area contributed by atoms with E-state index < -0.39 is 0 Å². The topological polar surface area (TPSA) is 69.6 Å². The fourth-order valence-corrected chi connectivity index (χ4v) is 1.44. The van der Waals surface area contributed by atoms with Crippen LogP contribution in [0.5, 0.6) is 0 Å². The second-order valence-corrected chi connectivity index (χ2v) is 3.62. The van der Waals surface area contributed by atoms with Gasteiger partial charge in [-0.1, -0.05) is 23.2 Å². The summed E-state index contributed by atoms with van der Waals surface area (Å²) in [4.78, 5) is 0. The number of nitrogens with zero attached hydrogens (tertiary/aromatic N) is 4. The molecular formula is C8H8Cl3N5. The molecule has 86 valence electrons. The summed E-state index contributed by atoms with van der Waals surface area (Å²) in [7, 11) is 0. The van der Waals surface area contributed by atoms with Gasteiger partial charge in [-0.2, -0.15) is 4.68 Å². The Labute approximate surface area is 108 Å². The molecule has 2 rings (SSSR count). The van der Waals surface area contributed by atoms with Gasteiger partial charge in [0.25, 0.3) is 0 Å². The van der Waals surface area contributed by atoms with E-state index in [0.29, 0.717) is 15.9 Å². The molecule has 1 aromatic heterocycles. The van der Waals surface area contributed by atoms with Crippen molar-refractivity contribution in [1.82, 2.24) is 20.2 Å². The van der Waals surface area contributed by atoms with Crippen LogP contribution in [0.25, 0.3) is 5.69 Å². The maximum absolute atomic E-state index is 5.88. The van der Waals surface area contributed by atoms with Gasteiger partial charge < -0.3 is 5.73 Å². The molecule has 0 saturated heterocycles. The van der Waals surface area contributed by atoms with Crippen molar-refractivity contribution in [3.63, 3.8) is 0 Å². The van der Waals surface area contributed by atoms with Crippen LogP contribution in [0, 0.1) is 0 Å². The molecule has 1 heterocycles. The second-order valence-electron chi connectivity index (χ2n) is 2.81. The number of tetrazole rings is 1. The zero-order chi connectivity index (χ0) is 10.8. The van der Waals surface area contributed by atoms with Gasteiger partial charge in [-0.15, -0.1) is 17.5 Å². The fourth-order valence-electron chi connectivity index (χ4n) is 1.15. The second kappa shape index (κ2) is 5.45. The quantitative estimate of drug-likeness (QED) is 0.911. The highest BCUT2D eigenvalue weighted by Gasteiger charge is 2.07. The van der Waals surface area contributed by atoms with Gasteiger partial charge in [-0.25, -0.2) is 0 Å². The molecule has 0 aliphatic heterocycles. The van der Waals surface area contributed by atoms with Crippen molar-refractivity contribution in [2.45, 2.75) is 6.54 Å². The molecular weight excluding hydrogens is 272 g/mol. The van der Waals surface area contributed by atoms with E-state index in [1.54, 1.807) is 18.2 Å². The average molecular weight is 281 g/mol. The molecule has 0 radical (unpaired) electrons. The summed E-state index contributed by atoms with van der Waals surface area (Å²) >= 11 is 11.7. The number of aromatic nitrogens is 4. The van der Waals surface area contributed by atoms with Gasteiger partial charge in [-0.3, -0.25) is 0 Å². The molecule has 0 fully saturated rings. The highest BCUT2D eigenvalue weighted by atomic mass is 35.5. The number of benzene rings is 1. The van der Waals surface area contributed by atoms with Gasteiger partial charge in [0.15, 0.2) is 5.82 Å². The molecule has 1 aromatic carbocycles. The normalized spacial score (nSPS) is 9.94. The number of hydrogen-bond donors (Lipinski definition) is 1. The molecule has 0 aliphatic rings. The van der Waals surface area contributed by atoms with E-state index >= 15 is 0 Å². The van der Waals surface area contributed by atoms with Crippen molar-refractivity contribution in [2.24, 2.45) is 5.73 Å². The SMILES string of the molecule is Cl.NCc1nnnn1-c1ccc(Cl)c(Cl)c1. The third-order valence-corrected chi connectivity index (χ3v) is 2.60. The van der Waals surface area contributed by atoms with Crippen molar-refractivity contribution in [1.29, 1.82) is 0 Å². The monoisotopic (exact) mass is 279 g/mol. The molecule has 0 aliphatic carbocycles. The predicted octanol–water partition coefficient (Wildman–Crippen LogP) is 1.85. The Hall–Kier alpha value is -0.880. The van der Waals surface area contributed by atoms with Crippen molar-refractivity contribution in [2.75, 3.05) is 0 Å². The first-order valence-corrected chi connectivity index (χ1v) is 4.90. The van der Waals surface area contributed by atoms with Gasteiger partial charge in [0, 0.05) is 0 Å². The molecule has 5 nitrogen and oxygen atoms in total. The Bertz CT molecular complexity index is 484. The van der Waals surface area contributed by atoms with Gasteiger partial charge in [0.2, 0.25) is 0 Å². The van der Waals surface area contributed by atoms with E-state index in [9.17, 15) is 0 Å². The zero-order valence-electron chi connectivity index (χ0n) is 7.97. The van der Waals surface area contributed by atoms with Crippen LogP contribution in [-0.2, 0) is 6.54 Å². The largest absolute Gasteiger partial charge is 0.324 e. The standard InChI is InChI=1S/C8H7Cl2N5.ClH/c9-6-2-1-5(3-7(6)10)15-8(4-11)12-13-14-15;/h1-3H,4,11H2;1H. The summed E-state index contributed by atoms with van der Waals surface area (Å²) in [5.74, 6) is 0.563. The molecule has 0 spiro atoms. The van der Waals surface area contributed by atoms with Crippen LogP contribution in [0.2, 0.25) is 10.0 Å². The summed E-state index contributed by atoms with van der Waals surface area (Å²) in [5.41, 5.74) is 6.21. The maximum Gasteiger partial charge on any atom is 0.170 e. The molecule has 2 N–H and O–H groups in total. The molecule has 0 bridgehead atoms. The Balaban J connectivity index is 0.00000128. The van der Waals surface area contributed by atoms with Crippen LogP contribution >= 0.6 is 35.6 Å². The van der Waals surface area contributed by atoms with Crippen LogP contribution in [-0.4, -0.2) is 20.2 Å². The minimum Gasteiger partial charge on any atom is -0.324 e. The minimum atomic E-state index is 0. The van der Waals surface area contributed by atoms with E-state index in [2.05, 4.69) is 15.5 Å². The van der Waals surface area contributed by atoms with E-state index in [4.69, 9.17) is 28.9 Å². The lowest BCUT2D eigenvalue weighted by Gasteiger charge is -2.03. The van der Waals surface area contributed by atoms with Crippen LogP contribution in [0.4, 0.5) is 0 Å². The molecule has 0 unspecified atom stereocenters. The minimum absolute atomic E-state index is 0. The van der Waals surface area contributed by atoms with Gasteiger partial charge in [-0.05, 0) is 28.6 Å². The smallest absolute Gasteiger partial charge is 0.170 e. The van der Waals surface area contributed by atoms with Gasteiger partial charge in [0.1, 0.15) is 0 Å². The molecule has 2 aromatic rings. The molecule has 8 heteroatoms. The molecule has 0 atom stereocenters. The predicted molar refractivity (Wildman–Crippen MR) is 64.3 cm³/mol.